The Morgan fingerprint density at radius 2 is 2.04 bits per heavy atom. The fourth-order valence-electron chi connectivity index (χ4n) is 2.95. The maximum atomic E-state index is 12.2. The van der Waals surface area contributed by atoms with Gasteiger partial charge in [-0.15, -0.1) is 0 Å². The largest absolute Gasteiger partial charge is 0.494 e. The Morgan fingerprint density at radius 3 is 2.68 bits per heavy atom. The molecule has 2 aromatic rings. The second kappa shape index (κ2) is 7.38. The maximum absolute atomic E-state index is 12.2. The molecule has 2 heterocycles. The monoisotopic (exact) mass is 343 g/mol. The molecule has 1 aliphatic rings. The molecule has 7 heteroatoms. The third-order valence-electron chi connectivity index (χ3n) is 4.27. The summed E-state index contributed by atoms with van der Waals surface area (Å²) in [4.78, 5) is 30.0. The summed E-state index contributed by atoms with van der Waals surface area (Å²) in [5.41, 5.74) is 0.737. The van der Waals surface area contributed by atoms with Crippen molar-refractivity contribution < 1.29 is 14.6 Å². The number of amides is 1. The zero-order valence-corrected chi connectivity index (χ0v) is 14.0. The van der Waals surface area contributed by atoms with Crippen molar-refractivity contribution in [1.82, 2.24) is 15.3 Å². The number of rotatable bonds is 4. The highest BCUT2D eigenvalue weighted by molar-refractivity contribution is 5.94. The van der Waals surface area contributed by atoms with E-state index in [0.717, 1.165) is 31.2 Å². The first kappa shape index (κ1) is 17.0. The van der Waals surface area contributed by atoms with Crippen molar-refractivity contribution in [3.63, 3.8) is 0 Å². The quantitative estimate of drug-likeness (QED) is 0.786. The number of aromatic nitrogens is 2. The number of hydrogen-bond acceptors (Lipinski definition) is 5. The van der Waals surface area contributed by atoms with Crippen LogP contribution in [0.15, 0.2) is 35.3 Å². The lowest BCUT2D eigenvalue weighted by Gasteiger charge is -2.29. The van der Waals surface area contributed by atoms with Crippen molar-refractivity contribution >= 4 is 5.91 Å². The van der Waals surface area contributed by atoms with Crippen molar-refractivity contribution in [2.45, 2.75) is 44.8 Å². The van der Waals surface area contributed by atoms with E-state index in [0.29, 0.717) is 5.88 Å². The summed E-state index contributed by atoms with van der Waals surface area (Å²) < 4.78 is 5.88. The van der Waals surface area contributed by atoms with Crippen molar-refractivity contribution in [3.8, 4) is 11.8 Å². The van der Waals surface area contributed by atoms with Crippen LogP contribution in [-0.4, -0.2) is 33.1 Å². The van der Waals surface area contributed by atoms with E-state index < -0.39 is 5.56 Å². The molecule has 1 amide bonds. The molecule has 3 N–H and O–H groups in total. The number of hydrogen-bond donors (Lipinski definition) is 3. The van der Waals surface area contributed by atoms with Gasteiger partial charge < -0.3 is 15.2 Å². The van der Waals surface area contributed by atoms with Crippen molar-refractivity contribution in [3.05, 3.63) is 51.9 Å². The standard InChI is InChI=1S/C18H21N3O4/c1-11-2-7-17(19-10-11)25-14-5-3-13(4-6-14)20-18(24)12-8-15(22)21-16(23)9-12/h2,7-10,13-14H,3-6H2,1H3,(H,20,24)(H2,21,22,23). The second-order valence-electron chi connectivity index (χ2n) is 6.36. The lowest BCUT2D eigenvalue weighted by Crippen LogP contribution is -2.40. The lowest BCUT2D eigenvalue weighted by atomic mass is 9.92. The van der Waals surface area contributed by atoms with E-state index in [-0.39, 0.29) is 29.5 Å². The number of nitrogens with one attached hydrogen (secondary N) is 2. The van der Waals surface area contributed by atoms with E-state index >= 15 is 0 Å². The van der Waals surface area contributed by atoms with Gasteiger partial charge in [0.05, 0.1) is 5.56 Å². The van der Waals surface area contributed by atoms with Gasteiger partial charge in [-0.2, -0.15) is 0 Å². The molecule has 25 heavy (non-hydrogen) atoms. The molecule has 0 bridgehead atoms. The van der Waals surface area contributed by atoms with Gasteiger partial charge in [-0.1, -0.05) is 6.07 Å². The van der Waals surface area contributed by atoms with E-state index in [1.807, 2.05) is 19.1 Å². The van der Waals surface area contributed by atoms with E-state index in [1.165, 1.54) is 12.1 Å². The summed E-state index contributed by atoms with van der Waals surface area (Å²) >= 11 is 0. The average Bonchev–Trinajstić information content (AvgIpc) is 2.58. The highest BCUT2D eigenvalue weighted by Gasteiger charge is 2.24. The molecule has 0 spiro atoms. The third-order valence-corrected chi connectivity index (χ3v) is 4.27. The predicted molar refractivity (Wildman–Crippen MR) is 91.8 cm³/mol. The molecule has 0 atom stereocenters. The highest BCUT2D eigenvalue weighted by Crippen LogP contribution is 2.23. The van der Waals surface area contributed by atoms with Gasteiger partial charge in [0.1, 0.15) is 6.10 Å². The Kier molecular flexibility index (Phi) is 5.02. The number of ether oxygens (including phenoxy) is 1. The van der Waals surface area contributed by atoms with Crippen LogP contribution in [0.1, 0.15) is 41.6 Å². The van der Waals surface area contributed by atoms with Crippen molar-refractivity contribution in [2.75, 3.05) is 0 Å². The zero-order chi connectivity index (χ0) is 17.8. The van der Waals surface area contributed by atoms with Crippen molar-refractivity contribution in [1.29, 1.82) is 0 Å². The SMILES string of the molecule is Cc1ccc(OC2CCC(NC(=O)c3cc(O)[nH]c(=O)c3)CC2)nc1. The molecule has 0 aromatic carbocycles. The van der Waals surface area contributed by atoms with Crippen LogP contribution in [0.25, 0.3) is 0 Å². The molecule has 2 aromatic heterocycles. The Morgan fingerprint density at radius 1 is 1.28 bits per heavy atom. The molecule has 132 valence electrons. The van der Waals surface area contributed by atoms with E-state index in [2.05, 4.69) is 15.3 Å². The normalized spacial score (nSPS) is 20.0. The predicted octanol–water partition coefficient (Wildman–Crippen LogP) is 1.90. The van der Waals surface area contributed by atoms with Crippen LogP contribution in [0.3, 0.4) is 0 Å². The minimum absolute atomic E-state index is 0.0276. The molecule has 0 aliphatic heterocycles. The molecule has 1 fully saturated rings. The molecule has 1 saturated carbocycles. The minimum Gasteiger partial charge on any atom is -0.494 e. The Labute approximate surface area is 145 Å². The van der Waals surface area contributed by atoms with Crippen LogP contribution >= 0.6 is 0 Å². The number of aromatic amines is 1. The van der Waals surface area contributed by atoms with Gasteiger partial charge in [0, 0.05) is 30.4 Å². The topological polar surface area (TPSA) is 104 Å². The van der Waals surface area contributed by atoms with Crippen LogP contribution in [0, 0.1) is 6.92 Å². The fourth-order valence-corrected chi connectivity index (χ4v) is 2.95. The van der Waals surface area contributed by atoms with Gasteiger partial charge in [0.15, 0.2) is 5.88 Å². The average molecular weight is 343 g/mol. The fraction of sp³-hybridized carbons (Fsp3) is 0.389. The van der Waals surface area contributed by atoms with Crippen LogP contribution in [0.4, 0.5) is 0 Å². The first-order valence-corrected chi connectivity index (χ1v) is 8.33. The smallest absolute Gasteiger partial charge is 0.251 e. The summed E-state index contributed by atoms with van der Waals surface area (Å²) in [6.07, 6.45) is 5.09. The summed E-state index contributed by atoms with van der Waals surface area (Å²) in [6, 6.07) is 6.27. The molecular weight excluding hydrogens is 322 g/mol. The van der Waals surface area contributed by atoms with Crippen molar-refractivity contribution in [2.24, 2.45) is 0 Å². The molecule has 0 radical (unpaired) electrons. The molecular formula is C18H21N3O4. The van der Waals surface area contributed by atoms with Gasteiger partial charge in [0.25, 0.3) is 11.5 Å². The maximum Gasteiger partial charge on any atom is 0.251 e. The molecule has 3 rings (SSSR count). The van der Waals surface area contributed by atoms with Crippen LogP contribution in [-0.2, 0) is 0 Å². The first-order valence-electron chi connectivity index (χ1n) is 8.33. The van der Waals surface area contributed by atoms with E-state index in [9.17, 15) is 14.7 Å². The summed E-state index contributed by atoms with van der Waals surface area (Å²) in [7, 11) is 0. The minimum atomic E-state index is -0.507. The number of carbonyl (C=O) groups excluding carboxylic acids is 1. The number of H-pyrrole nitrogens is 1. The Hall–Kier alpha value is -2.83. The zero-order valence-electron chi connectivity index (χ0n) is 14.0. The summed E-state index contributed by atoms with van der Waals surface area (Å²) in [5.74, 6) is -0.0524. The highest BCUT2D eigenvalue weighted by atomic mass is 16.5. The number of nitrogens with zero attached hydrogens (tertiary/aromatic N) is 1. The summed E-state index contributed by atoms with van der Waals surface area (Å²) in [5, 5.41) is 12.3. The number of aromatic hydroxyl groups is 1. The molecule has 7 nitrogen and oxygen atoms in total. The Balaban J connectivity index is 1.51. The number of carbonyl (C=O) groups is 1. The Bertz CT molecular complexity index is 793. The van der Waals surface area contributed by atoms with Gasteiger partial charge in [-0.25, -0.2) is 4.98 Å². The first-order chi connectivity index (χ1) is 12.0. The van der Waals surface area contributed by atoms with Gasteiger partial charge >= 0.3 is 0 Å². The lowest BCUT2D eigenvalue weighted by molar-refractivity contribution is 0.0889. The van der Waals surface area contributed by atoms with Gasteiger partial charge in [-0.05, 0) is 38.2 Å². The van der Waals surface area contributed by atoms with E-state index in [1.54, 1.807) is 6.20 Å². The van der Waals surface area contributed by atoms with Crippen LogP contribution < -0.4 is 15.6 Å². The van der Waals surface area contributed by atoms with Gasteiger partial charge in [-0.3, -0.25) is 14.6 Å². The molecule has 1 aliphatic carbocycles. The van der Waals surface area contributed by atoms with Crippen LogP contribution in [0.5, 0.6) is 11.8 Å². The third kappa shape index (κ3) is 4.59. The number of aryl methyl sites for hydroxylation is 1. The second-order valence-corrected chi connectivity index (χ2v) is 6.36. The van der Waals surface area contributed by atoms with Gasteiger partial charge in [0.2, 0.25) is 5.88 Å². The van der Waals surface area contributed by atoms with Crippen LogP contribution in [0.2, 0.25) is 0 Å². The number of pyridine rings is 2. The van der Waals surface area contributed by atoms with E-state index in [4.69, 9.17) is 4.74 Å². The molecule has 0 unspecified atom stereocenters. The molecule has 0 saturated heterocycles. The summed E-state index contributed by atoms with van der Waals surface area (Å²) in [6.45, 7) is 1.98.